The van der Waals surface area contributed by atoms with Crippen LogP contribution < -0.4 is 14.8 Å². The Hall–Kier alpha value is -3.27. The Morgan fingerprint density at radius 2 is 1.52 bits per heavy atom. The smallest absolute Gasteiger partial charge is 0.220 e. The van der Waals surface area contributed by atoms with Crippen LogP contribution in [0.25, 0.3) is 0 Å². The van der Waals surface area contributed by atoms with E-state index < -0.39 is 0 Å². The van der Waals surface area contributed by atoms with Gasteiger partial charge in [0.05, 0.1) is 6.04 Å². The lowest BCUT2D eigenvalue weighted by molar-refractivity contribution is -0.121. The van der Waals surface area contributed by atoms with Gasteiger partial charge in [-0.1, -0.05) is 67.6 Å². The summed E-state index contributed by atoms with van der Waals surface area (Å²) < 4.78 is 11.6. The zero-order chi connectivity index (χ0) is 21.5. The summed E-state index contributed by atoms with van der Waals surface area (Å²) in [6, 6.07) is 24.4. The Morgan fingerprint density at radius 3 is 2.16 bits per heavy atom. The van der Waals surface area contributed by atoms with Crippen LogP contribution in [-0.2, 0) is 24.1 Å². The van der Waals surface area contributed by atoms with Crippen LogP contribution in [0.4, 0.5) is 0 Å². The van der Waals surface area contributed by atoms with Gasteiger partial charge in [0.1, 0.15) is 13.2 Å². The molecular formula is C27H29NO3. The van der Waals surface area contributed by atoms with E-state index in [1.807, 2.05) is 36.4 Å². The molecule has 0 radical (unpaired) electrons. The molecule has 0 saturated heterocycles. The number of rotatable bonds is 8. The number of hydrogen-bond acceptors (Lipinski definition) is 3. The van der Waals surface area contributed by atoms with Crippen molar-refractivity contribution in [3.63, 3.8) is 0 Å². The molecule has 31 heavy (non-hydrogen) atoms. The molecule has 3 aromatic rings. The lowest BCUT2D eigenvalue weighted by Crippen LogP contribution is -2.31. The molecule has 0 bridgehead atoms. The minimum Gasteiger partial charge on any atom is -0.486 e. The lowest BCUT2D eigenvalue weighted by atomic mass is 9.92. The quantitative estimate of drug-likeness (QED) is 0.560. The van der Waals surface area contributed by atoms with Gasteiger partial charge < -0.3 is 14.8 Å². The van der Waals surface area contributed by atoms with E-state index in [9.17, 15) is 4.79 Å². The second kappa shape index (κ2) is 10.2. The molecular weight excluding hydrogens is 386 g/mol. The van der Waals surface area contributed by atoms with Gasteiger partial charge in [0.15, 0.2) is 11.5 Å². The fraction of sp³-hybridized carbons (Fsp3) is 0.296. The number of nitrogens with one attached hydrogen (secondary N) is 1. The fourth-order valence-electron chi connectivity index (χ4n) is 4.03. The molecule has 160 valence electrons. The van der Waals surface area contributed by atoms with Gasteiger partial charge >= 0.3 is 0 Å². The van der Waals surface area contributed by atoms with E-state index in [2.05, 4.69) is 48.6 Å². The topological polar surface area (TPSA) is 47.6 Å². The maximum absolute atomic E-state index is 12.9. The van der Waals surface area contributed by atoms with E-state index in [1.165, 1.54) is 16.7 Å². The Labute approximate surface area is 184 Å². The minimum atomic E-state index is -0.128. The number of amides is 1. The predicted octanol–water partition coefficient (Wildman–Crippen LogP) is 5.05. The molecule has 4 heteroatoms. The molecule has 4 rings (SSSR count). The van der Waals surface area contributed by atoms with Gasteiger partial charge in [-0.2, -0.15) is 0 Å². The normalized spacial score (nSPS) is 13.5. The van der Waals surface area contributed by atoms with Crippen LogP contribution in [0.3, 0.4) is 0 Å². The summed E-state index contributed by atoms with van der Waals surface area (Å²) in [6.07, 6.45) is 2.77. The van der Waals surface area contributed by atoms with Gasteiger partial charge in [0.2, 0.25) is 5.91 Å². The Kier molecular flexibility index (Phi) is 6.88. The van der Waals surface area contributed by atoms with Crippen LogP contribution in [0.15, 0.2) is 72.8 Å². The number of benzene rings is 3. The van der Waals surface area contributed by atoms with Crippen LogP contribution in [0.5, 0.6) is 11.5 Å². The van der Waals surface area contributed by atoms with Crippen molar-refractivity contribution in [2.45, 2.75) is 38.6 Å². The summed E-state index contributed by atoms with van der Waals surface area (Å²) in [6.45, 7) is 3.25. The molecule has 0 spiro atoms. The molecule has 1 amide bonds. The zero-order valence-corrected chi connectivity index (χ0v) is 18.0. The van der Waals surface area contributed by atoms with Crippen molar-refractivity contribution >= 4 is 5.91 Å². The highest BCUT2D eigenvalue weighted by atomic mass is 16.6. The molecule has 1 atom stereocenters. The third-order valence-corrected chi connectivity index (χ3v) is 5.66. The molecule has 0 aliphatic carbocycles. The number of aryl methyl sites for hydroxylation is 2. The Morgan fingerprint density at radius 1 is 0.903 bits per heavy atom. The average molecular weight is 416 g/mol. The molecule has 1 aliphatic heterocycles. The number of ether oxygens (including phenoxy) is 2. The number of carbonyl (C=O) groups excluding carboxylic acids is 1. The Bertz CT molecular complexity index is 1000. The molecule has 4 nitrogen and oxygen atoms in total. The van der Waals surface area contributed by atoms with Crippen molar-refractivity contribution in [1.82, 2.24) is 5.32 Å². The van der Waals surface area contributed by atoms with Crippen molar-refractivity contribution < 1.29 is 14.3 Å². The molecule has 0 aromatic heterocycles. The summed E-state index contributed by atoms with van der Waals surface area (Å²) in [4.78, 5) is 12.9. The zero-order valence-electron chi connectivity index (χ0n) is 18.0. The average Bonchev–Trinajstić information content (AvgIpc) is 2.83. The van der Waals surface area contributed by atoms with Gasteiger partial charge in [0.25, 0.3) is 0 Å². The van der Waals surface area contributed by atoms with Crippen molar-refractivity contribution in [3.8, 4) is 11.5 Å². The molecule has 1 aliphatic rings. The van der Waals surface area contributed by atoms with Crippen molar-refractivity contribution in [2.75, 3.05) is 13.2 Å². The second-order valence-corrected chi connectivity index (χ2v) is 7.84. The SMILES string of the molecule is CCc1cc2c(cc1[C@@H](Cc1ccccc1)NC(=O)CCc1ccccc1)OCCO2. The van der Waals surface area contributed by atoms with E-state index >= 15 is 0 Å². The molecule has 0 saturated carbocycles. The standard InChI is InChI=1S/C27H29NO3/c1-2-22-18-25-26(31-16-15-30-25)19-23(22)24(17-21-11-7-4-8-12-21)28-27(29)14-13-20-9-5-3-6-10-20/h3-12,18-19,24H,2,13-17H2,1H3,(H,28,29)/t24-/m1/s1. The van der Waals surface area contributed by atoms with Crippen molar-refractivity contribution in [3.05, 3.63) is 95.1 Å². The van der Waals surface area contributed by atoms with E-state index in [4.69, 9.17) is 9.47 Å². The first-order chi connectivity index (χ1) is 15.2. The molecule has 1 N–H and O–H groups in total. The third-order valence-electron chi connectivity index (χ3n) is 5.66. The van der Waals surface area contributed by atoms with E-state index in [-0.39, 0.29) is 11.9 Å². The molecule has 0 unspecified atom stereocenters. The van der Waals surface area contributed by atoms with Gasteiger partial charge in [0, 0.05) is 6.42 Å². The van der Waals surface area contributed by atoms with Crippen LogP contribution in [0.1, 0.15) is 41.6 Å². The van der Waals surface area contributed by atoms with E-state index in [0.717, 1.165) is 36.3 Å². The molecule has 1 heterocycles. The first-order valence-electron chi connectivity index (χ1n) is 11.0. The summed E-state index contributed by atoms with van der Waals surface area (Å²) in [7, 11) is 0. The number of carbonyl (C=O) groups is 1. The summed E-state index contributed by atoms with van der Waals surface area (Å²) in [5.74, 6) is 1.61. The second-order valence-electron chi connectivity index (χ2n) is 7.84. The molecule has 3 aromatic carbocycles. The Balaban J connectivity index is 1.57. The van der Waals surface area contributed by atoms with Gasteiger partial charge in [-0.25, -0.2) is 0 Å². The maximum atomic E-state index is 12.9. The van der Waals surface area contributed by atoms with E-state index in [1.54, 1.807) is 0 Å². The number of fused-ring (bicyclic) bond motifs is 1. The summed E-state index contributed by atoms with van der Waals surface area (Å²) >= 11 is 0. The highest BCUT2D eigenvalue weighted by Crippen LogP contribution is 2.36. The van der Waals surface area contributed by atoms with Crippen LogP contribution in [0.2, 0.25) is 0 Å². The summed E-state index contributed by atoms with van der Waals surface area (Å²) in [5.41, 5.74) is 4.64. The van der Waals surface area contributed by atoms with Crippen LogP contribution in [0, 0.1) is 0 Å². The monoisotopic (exact) mass is 415 g/mol. The maximum Gasteiger partial charge on any atom is 0.220 e. The van der Waals surface area contributed by atoms with Crippen LogP contribution in [-0.4, -0.2) is 19.1 Å². The first kappa shape index (κ1) is 21.0. The number of hydrogen-bond donors (Lipinski definition) is 1. The van der Waals surface area contributed by atoms with E-state index in [0.29, 0.717) is 19.6 Å². The summed E-state index contributed by atoms with van der Waals surface area (Å²) in [5, 5.41) is 3.30. The largest absolute Gasteiger partial charge is 0.486 e. The van der Waals surface area contributed by atoms with Gasteiger partial charge in [-0.15, -0.1) is 0 Å². The molecule has 0 fully saturated rings. The van der Waals surface area contributed by atoms with Gasteiger partial charge in [-0.05, 0) is 53.6 Å². The third kappa shape index (κ3) is 5.46. The van der Waals surface area contributed by atoms with Crippen molar-refractivity contribution in [1.29, 1.82) is 0 Å². The fourth-order valence-corrected chi connectivity index (χ4v) is 4.03. The van der Waals surface area contributed by atoms with Gasteiger partial charge in [-0.3, -0.25) is 4.79 Å². The lowest BCUT2D eigenvalue weighted by Gasteiger charge is -2.26. The minimum absolute atomic E-state index is 0.0572. The van der Waals surface area contributed by atoms with Crippen molar-refractivity contribution in [2.24, 2.45) is 0 Å². The first-order valence-corrected chi connectivity index (χ1v) is 11.0. The van der Waals surface area contributed by atoms with Crippen LogP contribution >= 0.6 is 0 Å². The predicted molar refractivity (Wildman–Crippen MR) is 123 cm³/mol. The highest BCUT2D eigenvalue weighted by Gasteiger charge is 2.22. The highest BCUT2D eigenvalue weighted by molar-refractivity contribution is 5.77.